The average Bonchev–Trinajstić information content (AvgIpc) is 2.71. The van der Waals surface area contributed by atoms with Crippen LogP contribution in [0.15, 0.2) is 18.2 Å². The highest BCUT2D eigenvalue weighted by Gasteiger charge is 2.14. The number of benzene rings is 1. The van der Waals surface area contributed by atoms with Crippen molar-refractivity contribution in [3.8, 4) is 17.6 Å². The zero-order valence-electron chi connectivity index (χ0n) is 12.3. The number of hydrogen-bond donors (Lipinski definition) is 1. The van der Waals surface area contributed by atoms with Crippen LogP contribution in [-0.2, 0) is 0 Å². The molecule has 0 heterocycles. The van der Waals surface area contributed by atoms with Crippen molar-refractivity contribution >= 4 is 0 Å². The van der Waals surface area contributed by atoms with Gasteiger partial charge in [-0.25, -0.2) is 0 Å². The van der Waals surface area contributed by atoms with E-state index in [-0.39, 0.29) is 6.61 Å². The minimum atomic E-state index is 0.120. The van der Waals surface area contributed by atoms with Gasteiger partial charge in [-0.1, -0.05) is 24.7 Å². The molecule has 0 spiro atoms. The first kappa shape index (κ1) is 14.9. The van der Waals surface area contributed by atoms with E-state index in [1.54, 1.807) is 0 Å². The molecule has 1 aliphatic rings. The number of aliphatic hydroxyl groups is 1. The Labute approximate surface area is 122 Å². The Morgan fingerprint density at radius 3 is 2.60 bits per heavy atom. The second-order valence-electron chi connectivity index (χ2n) is 5.49. The van der Waals surface area contributed by atoms with Gasteiger partial charge in [0.25, 0.3) is 0 Å². The van der Waals surface area contributed by atoms with E-state index in [1.165, 1.54) is 38.5 Å². The Balaban J connectivity index is 2.00. The molecule has 0 aromatic heterocycles. The summed E-state index contributed by atoms with van der Waals surface area (Å²) < 4.78 is 6.16. The summed E-state index contributed by atoms with van der Waals surface area (Å²) in [5.74, 6) is 7.00. The van der Waals surface area contributed by atoms with Crippen LogP contribution in [0.3, 0.4) is 0 Å². The van der Waals surface area contributed by atoms with Crippen LogP contribution in [0.2, 0.25) is 0 Å². The first-order valence-corrected chi connectivity index (χ1v) is 7.66. The first-order valence-electron chi connectivity index (χ1n) is 7.66. The third-order valence-corrected chi connectivity index (χ3v) is 3.74. The number of aryl methyl sites for hydroxylation is 1. The van der Waals surface area contributed by atoms with Crippen molar-refractivity contribution in [3.63, 3.8) is 0 Å². The van der Waals surface area contributed by atoms with Crippen molar-refractivity contribution < 1.29 is 9.84 Å². The van der Waals surface area contributed by atoms with Crippen LogP contribution in [0, 0.1) is 18.8 Å². The number of hydrogen-bond acceptors (Lipinski definition) is 2. The molecule has 2 rings (SSSR count). The molecule has 1 aromatic rings. The Morgan fingerprint density at radius 1 is 1.20 bits per heavy atom. The van der Waals surface area contributed by atoms with E-state index >= 15 is 0 Å². The normalized spacial score (nSPS) is 16.1. The molecule has 1 N–H and O–H groups in total. The summed E-state index contributed by atoms with van der Waals surface area (Å²) in [6, 6.07) is 6.10. The summed E-state index contributed by atoms with van der Waals surface area (Å²) in [6.45, 7) is 2.19. The number of aliphatic hydroxyl groups excluding tert-OH is 1. The van der Waals surface area contributed by atoms with Crippen LogP contribution >= 0.6 is 0 Å². The molecule has 20 heavy (non-hydrogen) atoms. The molecule has 2 heteroatoms. The monoisotopic (exact) mass is 272 g/mol. The maximum Gasteiger partial charge on any atom is 0.122 e. The van der Waals surface area contributed by atoms with E-state index < -0.39 is 0 Å². The quantitative estimate of drug-likeness (QED) is 0.669. The van der Waals surface area contributed by atoms with Gasteiger partial charge >= 0.3 is 0 Å². The summed E-state index contributed by atoms with van der Waals surface area (Å²) in [7, 11) is 0. The van der Waals surface area contributed by atoms with Gasteiger partial charge in [0.05, 0.1) is 12.7 Å². The zero-order valence-corrected chi connectivity index (χ0v) is 12.3. The maximum absolute atomic E-state index is 8.73. The minimum Gasteiger partial charge on any atom is -0.490 e. The molecule has 0 bridgehead atoms. The van der Waals surface area contributed by atoms with Crippen LogP contribution in [-0.4, -0.2) is 17.8 Å². The Kier molecular flexibility index (Phi) is 5.95. The summed E-state index contributed by atoms with van der Waals surface area (Å²) in [5, 5.41) is 8.73. The van der Waals surface area contributed by atoms with Gasteiger partial charge in [-0.2, -0.15) is 0 Å². The lowest BCUT2D eigenvalue weighted by molar-refractivity contribution is 0.182. The number of ether oxygens (including phenoxy) is 1. The fourth-order valence-corrected chi connectivity index (χ4v) is 2.62. The topological polar surface area (TPSA) is 29.5 Å². The maximum atomic E-state index is 8.73. The molecule has 1 fully saturated rings. The van der Waals surface area contributed by atoms with Crippen molar-refractivity contribution in [2.45, 2.75) is 58.0 Å². The first-order chi connectivity index (χ1) is 9.79. The molecule has 0 saturated heterocycles. The van der Waals surface area contributed by atoms with Gasteiger partial charge in [-0.15, -0.1) is 0 Å². The molecule has 1 aliphatic carbocycles. The van der Waals surface area contributed by atoms with Gasteiger partial charge < -0.3 is 9.84 Å². The highest BCUT2D eigenvalue weighted by atomic mass is 16.5. The lowest BCUT2D eigenvalue weighted by atomic mass is 10.1. The molecule has 2 nitrogen and oxygen atoms in total. The Hall–Kier alpha value is -1.46. The molecule has 108 valence electrons. The van der Waals surface area contributed by atoms with Gasteiger partial charge in [-0.05, 0) is 56.4 Å². The molecule has 0 atom stereocenters. The summed E-state index contributed by atoms with van der Waals surface area (Å²) >= 11 is 0. The smallest absolute Gasteiger partial charge is 0.122 e. The second kappa shape index (κ2) is 7.97. The van der Waals surface area contributed by atoms with Crippen LogP contribution in [0.4, 0.5) is 0 Å². The Morgan fingerprint density at radius 2 is 1.95 bits per heavy atom. The van der Waals surface area contributed by atoms with Crippen LogP contribution in [0.1, 0.15) is 56.1 Å². The SMILES string of the molecule is Cc1cc(C#CCCO)ccc1OC1CCCCCC1. The molecular weight excluding hydrogens is 248 g/mol. The van der Waals surface area contributed by atoms with Gasteiger partial charge in [0.1, 0.15) is 5.75 Å². The van der Waals surface area contributed by atoms with Crippen molar-refractivity contribution in [1.82, 2.24) is 0 Å². The third-order valence-electron chi connectivity index (χ3n) is 3.74. The molecule has 1 aromatic carbocycles. The summed E-state index contributed by atoms with van der Waals surface area (Å²) in [6.07, 6.45) is 8.52. The molecule has 0 aliphatic heterocycles. The second-order valence-corrected chi connectivity index (χ2v) is 5.49. The largest absolute Gasteiger partial charge is 0.490 e. The van der Waals surface area contributed by atoms with Crippen molar-refractivity contribution in [2.24, 2.45) is 0 Å². The van der Waals surface area contributed by atoms with E-state index in [0.29, 0.717) is 12.5 Å². The predicted octanol–water partition coefficient (Wildman–Crippen LogP) is 3.83. The van der Waals surface area contributed by atoms with Crippen LogP contribution < -0.4 is 4.74 Å². The van der Waals surface area contributed by atoms with E-state index in [0.717, 1.165) is 16.9 Å². The zero-order chi connectivity index (χ0) is 14.2. The van der Waals surface area contributed by atoms with Gasteiger partial charge in [0.15, 0.2) is 0 Å². The minimum absolute atomic E-state index is 0.120. The van der Waals surface area contributed by atoms with E-state index in [4.69, 9.17) is 9.84 Å². The van der Waals surface area contributed by atoms with E-state index in [2.05, 4.69) is 24.8 Å². The van der Waals surface area contributed by atoms with E-state index in [9.17, 15) is 0 Å². The highest BCUT2D eigenvalue weighted by molar-refractivity contribution is 5.43. The van der Waals surface area contributed by atoms with Gasteiger partial charge in [-0.3, -0.25) is 0 Å². The Bertz CT molecular complexity index is 474. The van der Waals surface area contributed by atoms with Gasteiger partial charge in [0.2, 0.25) is 0 Å². The third kappa shape index (κ3) is 4.58. The standard InChI is InChI=1S/C18H24O2/c1-15-14-16(8-6-7-13-19)11-12-18(15)20-17-9-4-2-3-5-10-17/h11-12,14,17,19H,2-5,7,9-10,13H2,1H3. The fourth-order valence-electron chi connectivity index (χ4n) is 2.62. The van der Waals surface area contributed by atoms with Crippen LogP contribution in [0.5, 0.6) is 5.75 Å². The summed E-state index contributed by atoms with van der Waals surface area (Å²) in [5.41, 5.74) is 2.13. The number of rotatable bonds is 3. The van der Waals surface area contributed by atoms with Gasteiger partial charge in [0, 0.05) is 12.0 Å². The van der Waals surface area contributed by atoms with Crippen molar-refractivity contribution in [2.75, 3.05) is 6.61 Å². The molecule has 0 unspecified atom stereocenters. The van der Waals surface area contributed by atoms with Crippen molar-refractivity contribution in [3.05, 3.63) is 29.3 Å². The molecule has 0 radical (unpaired) electrons. The predicted molar refractivity (Wildman–Crippen MR) is 81.9 cm³/mol. The lowest BCUT2D eigenvalue weighted by Crippen LogP contribution is -2.15. The molecule has 0 amide bonds. The lowest BCUT2D eigenvalue weighted by Gasteiger charge is -2.18. The van der Waals surface area contributed by atoms with Crippen LogP contribution in [0.25, 0.3) is 0 Å². The van der Waals surface area contributed by atoms with Crippen molar-refractivity contribution in [1.29, 1.82) is 0 Å². The molecule has 1 saturated carbocycles. The van der Waals surface area contributed by atoms with E-state index in [1.807, 2.05) is 12.1 Å². The summed E-state index contributed by atoms with van der Waals surface area (Å²) in [4.78, 5) is 0. The molecular formula is C18H24O2. The average molecular weight is 272 g/mol. The fraction of sp³-hybridized carbons (Fsp3) is 0.556. The highest BCUT2D eigenvalue weighted by Crippen LogP contribution is 2.25.